The zero-order chi connectivity index (χ0) is 21.6. The Balaban J connectivity index is 1.28. The van der Waals surface area contributed by atoms with Crippen LogP contribution in [-0.4, -0.2) is 98.8 Å². The molecule has 2 fully saturated rings. The molecule has 0 N–H and O–H groups in total. The summed E-state index contributed by atoms with van der Waals surface area (Å²) >= 11 is 0. The maximum absolute atomic E-state index is 12.6. The van der Waals surface area contributed by atoms with Crippen LogP contribution in [0.5, 0.6) is 11.5 Å². The zero-order valence-electron chi connectivity index (χ0n) is 18.2. The van der Waals surface area contributed by atoms with Crippen molar-refractivity contribution in [3.05, 3.63) is 36.7 Å². The SMILES string of the molecule is COc1cccc(OCC(=O)N2CCN(c3cc(N4CCN(C)CC4)ncn3)CC2)c1. The van der Waals surface area contributed by atoms with Gasteiger partial charge in [-0.2, -0.15) is 0 Å². The summed E-state index contributed by atoms with van der Waals surface area (Å²) in [6.07, 6.45) is 1.64. The summed E-state index contributed by atoms with van der Waals surface area (Å²) in [7, 11) is 3.75. The maximum Gasteiger partial charge on any atom is 0.260 e. The summed E-state index contributed by atoms with van der Waals surface area (Å²) < 4.78 is 10.8. The minimum absolute atomic E-state index is 0.0108. The first-order chi connectivity index (χ1) is 15.1. The molecule has 0 bridgehead atoms. The molecule has 2 saturated heterocycles. The number of hydrogen-bond donors (Lipinski definition) is 0. The number of nitrogens with zero attached hydrogens (tertiary/aromatic N) is 6. The smallest absolute Gasteiger partial charge is 0.260 e. The second-order valence-corrected chi connectivity index (χ2v) is 7.86. The van der Waals surface area contributed by atoms with Gasteiger partial charge in [0.2, 0.25) is 0 Å². The summed E-state index contributed by atoms with van der Waals surface area (Å²) in [6.45, 7) is 6.83. The third-order valence-corrected chi connectivity index (χ3v) is 5.83. The summed E-state index contributed by atoms with van der Waals surface area (Å²) in [5, 5.41) is 0. The normalized spacial score (nSPS) is 17.5. The largest absolute Gasteiger partial charge is 0.497 e. The van der Waals surface area contributed by atoms with E-state index in [0.717, 1.165) is 50.9 Å². The number of anilines is 2. The predicted octanol–water partition coefficient (Wildman–Crippen LogP) is 0.965. The van der Waals surface area contributed by atoms with E-state index in [9.17, 15) is 4.79 Å². The van der Waals surface area contributed by atoms with Gasteiger partial charge >= 0.3 is 0 Å². The highest BCUT2D eigenvalue weighted by molar-refractivity contribution is 5.78. The number of hydrogen-bond acceptors (Lipinski definition) is 8. The molecule has 1 aromatic carbocycles. The molecule has 0 atom stereocenters. The summed E-state index contributed by atoms with van der Waals surface area (Å²) in [6, 6.07) is 9.35. The molecule has 9 nitrogen and oxygen atoms in total. The summed E-state index contributed by atoms with van der Waals surface area (Å²) in [5.74, 6) is 3.22. The number of aromatic nitrogens is 2. The predicted molar refractivity (Wildman–Crippen MR) is 119 cm³/mol. The molecule has 9 heteroatoms. The van der Waals surface area contributed by atoms with Crippen molar-refractivity contribution in [3.63, 3.8) is 0 Å². The van der Waals surface area contributed by atoms with E-state index in [1.54, 1.807) is 19.5 Å². The van der Waals surface area contributed by atoms with Gasteiger partial charge in [-0.25, -0.2) is 9.97 Å². The second-order valence-electron chi connectivity index (χ2n) is 7.86. The van der Waals surface area contributed by atoms with E-state index in [-0.39, 0.29) is 12.5 Å². The Morgan fingerprint density at radius 3 is 2.16 bits per heavy atom. The minimum atomic E-state index is -0.0108. The third-order valence-electron chi connectivity index (χ3n) is 5.83. The number of benzene rings is 1. The van der Waals surface area contributed by atoms with E-state index < -0.39 is 0 Å². The molecular weight excluding hydrogens is 396 g/mol. The van der Waals surface area contributed by atoms with Gasteiger partial charge in [0.1, 0.15) is 29.5 Å². The van der Waals surface area contributed by atoms with Crippen molar-refractivity contribution in [2.24, 2.45) is 0 Å². The van der Waals surface area contributed by atoms with E-state index in [1.165, 1.54) is 0 Å². The number of amides is 1. The summed E-state index contributed by atoms with van der Waals surface area (Å²) in [5.41, 5.74) is 0. The molecule has 2 aromatic rings. The fourth-order valence-electron chi connectivity index (χ4n) is 3.83. The number of piperazine rings is 2. The highest BCUT2D eigenvalue weighted by atomic mass is 16.5. The van der Waals surface area contributed by atoms with Crippen molar-refractivity contribution in [3.8, 4) is 11.5 Å². The number of rotatable bonds is 6. The van der Waals surface area contributed by atoms with Gasteiger partial charge in [0.25, 0.3) is 5.91 Å². The molecule has 0 radical (unpaired) electrons. The summed E-state index contributed by atoms with van der Waals surface area (Å²) in [4.78, 5) is 30.2. The van der Waals surface area contributed by atoms with Gasteiger partial charge in [0, 0.05) is 64.5 Å². The van der Waals surface area contributed by atoms with Crippen LogP contribution >= 0.6 is 0 Å². The molecule has 166 valence electrons. The van der Waals surface area contributed by atoms with E-state index in [0.29, 0.717) is 24.6 Å². The quantitative estimate of drug-likeness (QED) is 0.677. The monoisotopic (exact) mass is 426 g/mol. The first kappa shape index (κ1) is 21.2. The average Bonchev–Trinajstić information content (AvgIpc) is 2.83. The molecule has 0 unspecified atom stereocenters. The van der Waals surface area contributed by atoms with Crippen molar-refractivity contribution < 1.29 is 14.3 Å². The molecule has 0 spiro atoms. The van der Waals surface area contributed by atoms with Crippen molar-refractivity contribution in [1.82, 2.24) is 19.8 Å². The fourth-order valence-corrected chi connectivity index (χ4v) is 3.83. The van der Waals surface area contributed by atoms with Gasteiger partial charge in [-0.05, 0) is 19.2 Å². The Kier molecular flexibility index (Phi) is 6.71. The molecule has 1 aromatic heterocycles. The first-order valence-electron chi connectivity index (χ1n) is 10.7. The molecule has 3 heterocycles. The van der Waals surface area contributed by atoms with Crippen LogP contribution in [0.25, 0.3) is 0 Å². The average molecular weight is 427 g/mol. The van der Waals surface area contributed by atoms with Crippen LogP contribution in [0, 0.1) is 0 Å². The van der Waals surface area contributed by atoms with Crippen molar-refractivity contribution in [2.75, 3.05) is 82.9 Å². The van der Waals surface area contributed by atoms with Crippen LogP contribution in [0.2, 0.25) is 0 Å². The lowest BCUT2D eigenvalue weighted by atomic mass is 10.3. The van der Waals surface area contributed by atoms with Crippen LogP contribution in [-0.2, 0) is 4.79 Å². The van der Waals surface area contributed by atoms with Gasteiger partial charge < -0.3 is 29.1 Å². The van der Waals surface area contributed by atoms with Crippen LogP contribution in [0.1, 0.15) is 0 Å². The Morgan fingerprint density at radius 1 is 0.903 bits per heavy atom. The lowest BCUT2D eigenvalue weighted by Crippen LogP contribution is -2.50. The van der Waals surface area contributed by atoms with Crippen LogP contribution in [0.3, 0.4) is 0 Å². The third kappa shape index (κ3) is 5.35. The van der Waals surface area contributed by atoms with Crippen LogP contribution in [0.15, 0.2) is 36.7 Å². The molecular formula is C22H30N6O3. The van der Waals surface area contributed by atoms with Gasteiger partial charge in [-0.15, -0.1) is 0 Å². The number of ether oxygens (including phenoxy) is 2. The standard InChI is InChI=1S/C22H30N6O3/c1-25-6-8-26(9-7-25)20-15-21(24-17-23-20)27-10-12-28(13-11-27)22(29)16-31-19-5-3-4-18(14-19)30-2/h3-5,14-15,17H,6-13,16H2,1-2H3. The Labute approximate surface area is 183 Å². The van der Waals surface area contributed by atoms with Gasteiger partial charge in [-0.1, -0.05) is 6.07 Å². The highest BCUT2D eigenvalue weighted by Crippen LogP contribution is 2.21. The molecule has 4 rings (SSSR count). The zero-order valence-corrected chi connectivity index (χ0v) is 18.2. The minimum Gasteiger partial charge on any atom is -0.497 e. The maximum atomic E-state index is 12.6. The van der Waals surface area contributed by atoms with Gasteiger partial charge in [0.05, 0.1) is 7.11 Å². The van der Waals surface area contributed by atoms with Crippen molar-refractivity contribution >= 4 is 17.5 Å². The number of likely N-dealkylation sites (N-methyl/N-ethyl adjacent to an activating group) is 1. The Bertz CT molecular complexity index is 879. The first-order valence-corrected chi connectivity index (χ1v) is 10.7. The number of carbonyl (C=O) groups is 1. The lowest BCUT2D eigenvalue weighted by Gasteiger charge is -2.36. The molecule has 0 aliphatic carbocycles. The molecule has 0 saturated carbocycles. The molecule has 1 amide bonds. The van der Waals surface area contributed by atoms with Crippen molar-refractivity contribution in [2.45, 2.75) is 0 Å². The lowest BCUT2D eigenvalue weighted by molar-refractivity contribution is -0.133. The number of methoxy groups -OCH3 is 1. The second kappa shape index (κ2) is 9.82. The fraction of sp³-hybridized carbons (Fsp3) is 0.500. The van der Waals surface area contributed by atoms with E-state index in [2.05, 4.69) is 37.8 Å². The van der Waals surface area contributed by atoms with E-state index >= 15 is 0 Å². The molecule has 2 aliphatic rings. The van der Waals surface area contributed by atoms with Crippen LogP contribution < -0.4 is 19.3 Å². The Morgan fingerprint density at radius 2 is 1.52 bits per heavy atom. The highest BCUT2D eigenvalue weighted by Gasteiger charge is 2.23. The van der Waals surface area contributed by atoms with E-state index in [1.807, 2.05) is 23.1 Å². The van der Waals surface area contributed by atoms with E-state index in [4.69, 9.17) is 9.47 Å². The van der Waals surface area contributed by atoms with Crippen LogP contribution in [0.4, 0.5) is 11.6 Å². The van der Waals surface area contributed by atoms with Gasteiger partial charge in [0.15, 0.2) is 6.61 Å². The topological polar surface area (TPSA) is 74.3 Å². The number of carbonyl (C=O) groups excluding carboxylic acids is 1. The molecule has 31 heavy (non-hydrogen) atoms. The van der Waals surface area contributed by atoms with Crippen molar-refractivity contribution in [1.29, 1.82) is 0 Å². The molecule has 2 aliphatic heterocycles. The van der Waals surface area contributed by atoms with Gasteiger partial charge in [-0.3, -0.25) is 4.79 Å². The Hall–Kier alpha value is -3.07.